The van der Waals surface area contributed by atoms with Gasteiger partial charge in [-0.25, -0.2) is 0 Å². The Balaban J connectivity index is 2.86. The van der Waals surface area contributed by atoms with E-state index in [4.69, 9.17) is 0 Å². The monoisotopic (exact) mass is 299 g/mol. The van der Waals surface area contributed by atoms with E-state index in [2.05, 4.69) is 21.2 Å². The van der Waals surface area contributed by atoms with Gasteiger partial charge in [-0.3, -0.25) is 4.79 Å². The second kappa shape index (κ2) is 5.08. The van der Waals surface area contributed by atoms with Gasteiger partial charge < -0.3 is 10.4 Å². The number of halogens is 1. The molecule has 94 valence electrons. The minimum Gasteiger partial charge on any atom is -0.507 e. The lowest BCUT2D eigenvalue weighted by atomic mass is 9.81. The van der Waals surface area contributed by atoms with Gasteiger partial charge in [0.15, 0.2) is 0 Å². The van der Waals surface area contributed by atoms with Crippen LogP contribution in [0.4, 0.5) is 5.69 Å². The molecule has 0 heterocycles. The third-order valence-corrected chi connectivity index (χ3v) is 3.76. The van der Waals surface area contributed by atoms with E-state index in [0.29, 0.717) is 10.2 Å². The lowest BCUT2D eigenvalue weighted by Crippen LogP contribution is -2.30. The maximum atomic E-state index is 12.0. The predicted octanol–water partition coefficient (Wildman–Crippen LogP) is 3.78. The van der Waals surface area contributed by atoms with Crippen molar-refractivity contribution >= 4 is 27.5 Å². The van der Waals surface area contributed by atoms with Crippen molar-refractivity contribution in [2.24, 2.45) is 11.3 Å². The average molecular weight is 300 g/mol. The van der Waals surface area contributed by atoms with Crippen LogP contribution in [0.2, 0.25) is 0 Å². The fraction of sp³-hybridized carbons (Fsp3) is 0.462. The topological polar surface area (TPSA) is 49.3 Å². The Kier molecular flexibility index (Phi) is 4.20. The number of aromatic hydroxyl groups is 1. The van der Waals surface area contributed by atoms with Gasteiger partial charge >= 0.3 is 0 Å². The number of benzene rings is 1. The molecule has 3 nitrogen and oxygen atoms in total. The van der Waals surface area contributed by atoms with E-state index in [1.807, 2.05) is 27.7 Å². The first-order valence-corrected chi connectivity index (χ1v) is 6.31. The van der Waals surface area contributed by atoms with Gasteiger partial charge in [0.25, 0.3) is 0 Å². The number of rotatable bonds is 2. The smallest absolute Gasteiger partial charge is 0.227 e. The number of phenols is 1. The summed E-state index contributed by atoms with van der Waals surface area (Å²) in [4.78, 5) is 12.0. The molecule has 0 aliphatic carbocycles. The van der Waals surface area contributed by atoms with E-state index in [9.17, 15) is 9.90 Å². The summed E-state index contributed by atoms with van der Waals surface area (Å²) in [7, 11) is 0. The van der Waals surface area contributed by atoms with Crippen molar-refractivity contribution in [3.63, 3.8) is 0 Å². The highest BCUT2D eigenvalue weighted by atomic mass is 79.9. The Hall–Kier alpha value is -1.03. The summed E-state index contributed by atoms with van der Waals surface area (Å²) in [5.74, 6) is -0.0493. The molecule has 0 radical (unpaired) electrons. The molecule has 0 fully saturated rings. The molecule has 1 atom stereocenters. The fourth-order valence-electron chi connectivity index (χ4n) is 1.25. The molecule has 0 spiro atoms. The highest BCUT2D eigenvalue weighted by Crippen LogP contribution is 2.33. The van der Waals surface area contributed by atoms with Crippen LogP contribution in [0.15, 0.2) is 22.7 Å². The standard InChI is InChI=1S/C13H18BrNO2/c1-8(13(2,3)4)12(17)15-9-6-5-7-10(16)11(9)14/h5-8,16H,1-4H3,(H,15,17). The van der Waals surface area contributed by atoms with Crippen molar-refractivity contribution in [2.45, 2.75) is 27.7 Å². The van der Waals surface area contributed by atoms with E-state index in [1.165, 1.54) is 0 Å². The van der Waals surface area contributed by atoms with Crippen LogP contribution in [0.1, 0.15) is 27.7 Å². The molecule has 0 aliphatic heterocycles. The second-order valence-electron chi connectivity index (χ2n) is 5.22. The lowest BCUT2D eigenvalue weighted by molar-refractivity contribution is -0.122. The molecular formula is C13H18BrNO2. The van der Waals surface area contributed by atoms with Crippen molar-refractivity contribution in [1.82, 2.24) is 0 Å². The number of hydrogen-bond donors (Lipinski definition) is 2. The number of anilines is 1. The van der Waals surface area contributed by atoms with Crippen LogP contribution in [-0.4, -0.2) is 11.0 Å². The molecule has 4 heteroatoms. The van der Waals surface area contributed by atoms with Crippen LogP contribution in [0.5, 0.6) is 5.75 Å². The van der Waals surface area contributed by atoms with E-state index in [1.54, 1.807) is 18.2 Å². The summed E-state index contributed by atoms with van der Waals surface area (Å²) < 4.78 is 0.509. The van der Waals surface area contributed by atoms with E-state index >= 15 is 0 Å². The molecule has 1 aromatic carbocycles. The molecule has 1 unspecified atom stereocenters. The Morgan fingerprint density at radius 2 is 2.00 bits per heavy atom. The van der Waals surface area contributed by atoms with Gasteiger partial charge in [-0.2, -0.15) is 0 Å². The van der Waals surface area contributed by atoms with Gasteiger partial charge in [0.2, 0.25) is 5.91 Å². The molecule has 17 heavy (non-hydrogen) atoms. The first-order chi connectivity index (χ1) is 7.73. The van der Waals surface area contributed by atoms with Gasteiger partial charge in [0.1, 0.15) is 5.75 Å². The summed E-state index contributed by atoms with van der Waals surface area (Å²) in [6, 6.07) is 5.00. The summed E-state index contributed by atoms with van der Waals surface area (Å²) >= 11 is 3.24. The van der Waals surface area contributed by atoms with E-state index in [-0.39, 0.29) is 23.0 Å². The molecule has 1 rings (SSSR count). The van der Waals surface area contributed by atoms with Crippen LogP contribution in [0, 0.1) is 11.3 Å². The van der Waals surface area contributed by atoms with E-state index in [0.717, 1.165) is 0 Å². The molecule has 1 aromatic rings. The van der Waals surface area contributed by atoms with Crippen molar-refractivity contribution in [3.8, 4) is 5.75 Å². The van der Waals surface area contributed by atoms with Gasteiger partial charge in [-0.05, 0) is 33.5 Å². The number of carbonyl (C=O) groups is 1. The Morgan fingerprint density at radius 1 is 1.41 bits per heavy atom. The van der Waals surface area contributed by atoms with Crippen LogP contribution in [-0.2, 0) is 4.79 Å². The van der Waals surface area contributed by atoms with E-state index < -0.39 is 0 Å². The van der Waals surface area contributed by atoms with Crippen LogP contribution in [0.3, 0.4) is 0 Å². The van der Waals surface area contributed by atoms with Crippen molar-refractivity contribution in [1.29, 1.82) is 0 Å². The summed E-state index contributed by atoms with van der Waals surface area (Å²) in [5.41, 5.74) is 0.499. The van der Waals surface area contributed by atoms with Crippen molar-refractivity contribution in [3.05, 3.63) is 22.7 Å². The summed E-state index contributed by atoms with van der Waals surface area (Å²) in [5, 5.41) is 12.3. The number of phenolic OH excluding ortho intramolecular Hbond substituents is 1. The third-order valence-electron chi connectivity index (χ3n) is 2.93. The van der Waals surface area contributed by atoms with Crippen molar-refractivity contribution < 1.29 is 9.90 Å². The SMILES string of the molecule is CC(C(=O)Nc1cccc(O)c1Br)C(C)(C)C. The second-order valence-corrected chi connectivity index (χ2v) is 6.01. The number of amides is 1. The average Bonchev–Trinajstić information content (AvgIpc) is 2.22. The zero-order valence-corrected chi connectivity index (χ0v) is 12.1. The summed E-state index contributed by atoms with van der Waals surface area (Å²) in [6.07, 6.45) is 0. The van der Waals surface area contributed by atoms with Gasteiger partial charge in [0, 0.05) is 5.92 Å². The Labute approximate surface area is 110 Å². The minimum atomic E-state index is -0.114. The molecular weight excluding hydrogens is 282 g/mol. The molecule has 1 amide bonds. The zero-order valence-electron chi connectivity index (χ0n) is 10.5. The van der Waals surface area contributed by atoms with Gasteiger partial charge in [-0.1, -0.05) is 33.8 Å². The third kappa shape index (κ3) is 3.46. The quantitative estimate of drug-likeness (QED) is 0.873. The molecule has 2 N–H and O–H groups in total. The van der Waals surface area contributed by atoms with Gasteiger partial charge in [0.05, 0.1) is 10.2 Å². The van der Waals surface area contributed by atoms with Crippen LogP contribution >= 0.6 is 15.9 Å². The molecule has 0 aliphatic rings. The summed E-state index contributed by atoms with van der Waals surface area (Å²) in [6.45, 7) is 7.96. The molecule has 0 bridgehead atoms. The maximum absolute atomic E-state index is 12.0. The molecule has 0 aromatic heterocycles. The highest BCUT2D eigenvalue weighted by Gasteiger charge is 2.27. The first kappa shape index (κ1) is 14.0. The molecule has 0 saturated carbocycles. The Morgan fingerprint density at radius 3 is 2.53 bits per heavy atom. The van der Waals surface area contributed by atoms with Crippen LogP contribution in [0.25, 0.3) is 0 Å². The largest absolute Gasteiger partial charge is 0.507 e. The van der Waals surface area contributed by atoms with Crippen LogP contribution < -0.4 is 5.32 Å². The predicted molar refractivity (Wildman–Crippen MR) is 73.1 cm³/mol. The normalized spacial score (nSPS) is 13.2. The number of carbonyl (C=O) groups excluding carboxylic acids is 1. The minimum absolute atomic E-state index is 0.0520. The van der Waals surface area contributed by atoms with Crippen molar-refractivity contribution in [2.75, 3.05) is 5.32 Å². The Bertz CT molecular complexity index is 424. The number of hydrogen-bond acceptors (Lipinski definition) is 2. The highest BCUT2D eigenvalue weighted by molar-refractivity contribution is 9.10. The first-order valence-electron chi connectivity index (χ1n) is 5.52. The fourth-order valence-corrected chi connectivity index (χ4v) is 1.61. The maximum Gasteiger partial charge on any atom is 0.227 e. The lowest BCUT2D eigenvalue weighted by Gasteiger charge is -2.26. The van der Waals surface area contributed by atoms with Gasteiger partial charge in [-0.15, -0.1) is 0 Å². The number of nitrogens with one attached hydrogen (secondary N) is 1. The molecule has 0 saturated heterocycles. The zero-order chi connectivity index (χ0) is 13.2.